The first-order valence-corrected chi connectivity index (χ1v) is 8.90. The lowest BCUT2D eigenvalue weighted by molar-refractivity contribution is -0.132. The summed E-state index contributed by atoms with van der Waals surface area (Å²) in [6.07, 6.45) is 3.69. The van der Waals surface area contributed by atoms with E-state index in [2.05, 4.69) is 15.5 Å². The van der Waals surface area contributed by atoms with Crippen LogP contribution < -0.4 is 10.2 Å². The number of benzene rings is 1. The number of rotatable bonds is 6. The molecule has 0 saturated carbocycles. The molecule has 0 bridgehead atoms. The number of nitrogens with one attached hydrogen (secondary N) is 1. The van der Waals surface area contributed by atoms with Gasteiger partial charge in [0, 0.05) is 19.3 Å². The molecule has 2 amide bonds. The number of amides is 2. The molecule has 1 N–H and O–H groups in total. The summed E-state index contributed by atoms with van der Waals surface area (Å²) in [4.78, 5) is 29.8. The summed E-state index contributed by atoms with van der Waals surface area (Å²) in [7, 11) is 0. The fourth-order valence-electron chi connectivity index (χ4n) is 2.75. The minimum atomic E-state index is -0.365. The average Bonchev–Trinajstić information content (AvgIpc) is 3.26. The van der Waals surface area contributed by atoms with Crippen molar-refractivity contribution < 1.29 is 14.3 Å². The van der Waals surface area contributed by atoms with Gasteiger partial charge < -0.3 is 9.64 Å². The largest absolute Gasteiger partial charge is 0.484 e. The fraction of sp³-hybridized carbons (Fsp3) is 0.300. The first-order chi connectivity index (χ1) is 13.1. The van der Waals surface area contributed by atoms with Gasteiger partial charge in [-0.3, -0.25) is 14.6 Å². The SMILES string of the molecule is C/C(=N\NC(=O)c1ccccn1)c1ccc(OCC(=O)N2CCCC2)cc1. The lowest BCUT2D eigenvalue weighted by Crippen LogP contribution is -2.32. The van der Waals surface area contributed by atoms with Crippen LogP contribution in [0.4, 0.5) is 0 Å². The summed E-state index contributed by atoms with van der Waals surface area (Å²) in [6, 6.07) is 12.3. The number of ether oxygens (including phenoxy) is 1. The van der Waals surface area contributed by atoms with Gasteiger partial charge in [-0.25, -0.2) is 5.43 Å². The summed E-state index contributed by atoms with van der Waals surface area (Å²) in [5.41, 5.74) is 4.29. The van der Waals surface area contributed by atoms with Gasteiger partial charge in [0.1, 0.15) is 11.4 Å². The Morgan fingerprint density at radius 3 is 2.56 bits per heavy atom. The quantitative estimate of drug-likeness (QED) is 0.628. The number of hydrogen-bond acceptors (Lipinski definition) is 5. The number of likely N-dealkylation sites (tertiary alicyclic amines) is 1. The molecule has 1 fully saturated rings. The summed E-state index contributed by atoms with van der Waals surface area (Å²) in [6.45, 7) is 3.49. The van der Waals surface area contributed by atoms with Crippen molar-refractivity contribution in [3.8, 4) is 5.75 Å². The van der Waals surface area contributed by atoms with Crippen molar-refractivity contribution in [3.05, 3.63) is 59.9 Å². The predicted octanol–water partition coefficient (Wildman–Crippen LogP) is 2.24. The highest BCUT2D eigenvalue weighted by Gasteiger charge is 2.18. The molecule has 1 aromatic carbocycles. The second-order valence-corrected chi connectivity index (χ2v) is 6.25. The van der Waals surface area contributed by atoms with Gasteiger partial charge in [0.15, 0.2) is 6.61 Å². The molecule has 7 heteroatoms. The van der Waals surface area contributed by atoms with Crippen LogP contribution in [0, 0.1) is 0 Å². The molecule has 0 radical (unpaired) electrons. The number of aromatic nitrogens is 1. The van der Waals surface area contributed by atoms with E-state index in [0.717, 1.165) is 31.5 Å². The van der Waals surface area contributed by atoms with E-state index < -0.39 is 0 Å². The molecule has 1 aliphatic rings. The van der Waals surface area contributed by atoms with Gasteiger partial charge in [-0.2, -0.15) is 5.10 Å². The molecule has 0 atom stereocenters. The minimum absolute atomic E-state index is 0.0200. The third-order valence-electron chi connectivity index (χ3n) is 4.32. The van der Waals surface area contributed by atoms with E-state index in [1.165, 1.54) is 0 Å². The van der Waals surface area contributed by atoms with Gasteiger partial charge in [-0.15, -0.1) is 0 Å². The molecule has 0 aliphatic carbocycles. The second-order valence-electron chi connectivity index (χ2n) is 6.25. The molecule has 3 rings (SSSR count). The first kappa shape index (κ1) is 18.6. The van der Waals surface area contributed by atoms with Crippen LogP contribution in [0.25, 0.3) is 0 Å². The smallest absolute Gasteiger partial charge is 0.289 e. The van der Waals surface area contributed by atoms with E-state index in [1.54, 1.807) is 43.5 Å². The summed E-state index contributed by atoms with van der Waals surface area (Å²) < 4.78 is 5.56. The third kappa shape index (κ3) is 5.13. The maximum absolute atomic E-state index is 12.0. The van der Waals surface area contributed by atoms with E-state index in [0.29, 0.717) is 17.2 Å². The van der Waals surface area contributed by atoms with Crippen molar-refractivity contribution >= 4 is 17.5 Å². The molecule has 2 aromatic rings. The van der Waals surface area contributed by atoms with E-state index in [1.807, 2.05) is 17.0 Å². The van der Waals surface area contributed by atoms with Crippen LogP contribution in [0.3, 0.4) is 0 Å². The van der Waals surface area contributed by atoms with Gasteiger partial charge >= 0.3 is 0 Å². The maximum Gasteiger partial charge on any atom is 0.289 e. The van der Waals surface area contributed by atoms with Crippen molar-refractivity contribution in [3.63, 3.8) is 0 Å². The molecule has 1 aliphatic heterocycles. The number of hydrogen-bond donors (Lipinski definition) is 1. The van der Waals surface area contributed by atoms with Crippen LogP contribution in [0.5, 0.6) is 5.75 Å². The van der Waals surface area contributed by atoms with Gasteiger partial charge in [-0.1, -0.05) is 6.07 Å². The van der Waals surface area contributed by atoms with E-state index >= 15 is 0 Å². The number of hydrazone groups is 1. The van der Waals surface area contributed by atoms with Crippen LogP contribution >= 0.6 is 0 Å². The Hall–Kier alpha value is -3.22. The van der Waals surface area contributed by atoms with Crippen LogP contribution in [0.15, 0.2) is 53.8 Å². The molecule has 2 heterocycles. The number of carbonyl (C=O) groups excluding carboxylic acids is 2. The summed E-state index contributed by atoms with van der Waals surface area (Å²) >= 11 is 0. The van der Waals surface area contributed by atoms with E-state index in [-0.39, 0.29) is 18.4 Å². The Bertz CT molecular complexity index is 813. The van der Waals surface area contributed by atoms with E-state index in [9.17, 15) is 9.59 Å². The average molecular weight is 366 g/mol. The zero-order valence-corrected chi connectivity index (χ0v) is 15.2. The first-order valence-electron chi connectivity index (χ1n) is 8.90. The summed E-state index contributed by atoms with van der Waals surface area (Å²) in [5, 5.41) is 4.10. The van der Waals surface area contributed by atoms with Crippen molar-refractivity contribution in [2.75, 3.05) is 19.7 Å². The standard InChI is InChI=1S/C20H22N4O3/c1-15(22-23-20(26)18-6-2-3-11-21-18)16-7-9-17(10-8-16)27-14-19(25)24-12-4-5-13-24/h2-3,6-11H,4-5,12-14H2,1H3,(H,23,26)/b22-15+. The Morgan fingerprint density at radius 2 is 1.89 bits per heavy atom. The van der Waals surface area contributed by atoms with Crippen LogP contribution in [-0.2, 0) is 4.79 Å². The second kappa shape index (κ2) is 8.93. The monoisotopic (exact) mass is 366 g/mol. The lowest BCUT2D eigenvalue weighted by atomic mass is 10.1. The minimum Gasteiger partial charge on any atom is -0.484 e. The highest BCUT2D eigenvalue weighted by molar-refractivity contribution is 6.00. The molecule has 140 valence electrons. The topological polar surface area (TPSA) is 83.9 Å². The molecule has 1 saturated heterocycles. The zero-order valence-electron chi connectivity index (χ0n) is 15.2. The van der Waals surface area contributed by atoms with Gasteiger partial charge in [0.25, 0.3) is 11.8 Å². The zero-order chi connectivity index (χ0) is 19.1. The number of carbonyl (C=O) groups is 2. The number of pyridine rings is 1. The lowest BCUT2D eigenvalue weighted by Gasteiger charge is -2.15. The van der Waals surface area contributed by atoms with Crippen LogP contribution in [-0.4, -0.2) is 47.1 Å². The maximum atomic E-state index is 12.0. The molecule has 27 heavy (non-hydrogen) atoms. The number of nitrogens with zero attached hydrogens (tertiary/aromatic N) is 3. The Balaban J connectivity index is 1.52. The highest BCUT2D eigenvalue weighted by atomic mass is 16.5. The van der Waals surface area contributed by atoms with Crippen LogP contribution in [0.1, 0.15) is 35.8 Å². The Morgan fingerprint density at radius 1 is 1.15 bits per heavy atom. The Kier molecular flexibility index (Phi) is 6.14. The van der Waals surface area contributed by atoms with Crippen molar-refractivity contribution in [1.29, 1.82) is 0 Å². The van der Waals surface area contributed by atoms with Gasteiger partial charge in [-0.05, 0) is 61.7 Å². The molecule has 1 aromatic heterocycles. The van der Waals surface area contributed by atoms with Gasteiger partial charge in [0.05, 0.1) is 5.71 Å². The molecule has 0 spiro atoms. The van der Waals surface area contributed by atoms with Crippen LogP contribution in [0.2, 0.25) is 0 Å². The van der Waals surface area contributed by atoms with Gasteiger partial charge in [0.2, 0.25) is 0 Å². The van der Waals surface area contributed by atoms with Crippen molar-refractivity contribution in [2.45, 2.75) is 19.8 Å². The van der Waals surface area contributed by atoms with Crippen molar-refractivity contribution in [1.82, 2.24) is 15.3 Å². The van der Waals surface area contributed by atoms with Crippen molar-refractivity contribution in [2.24, 2.45) is 5.10 Å². The fourth-order valence-corrected chi connectivity index (χ4v) is 2.75. The summed E-state index contributed by atoms with van der Waals surface area (Å²) in [5.74, 6) is 0.276. The third-order valence-corrected chi connectivity index (χ3v) is 4.32. The van der Waals surface area contributed by atoms with E-state index in [4.69, 9.17) is 4.74 Å². The normalized spacial score (nSPS) is 14.1. The Labute approximate surface area is 158 Å². The molecular formula is C20H22N4O3. The molecule has 7 nitrogen and oxygen atoms in total. The highest BCUT2D eigenvalue weighted by Crippen LogP contribution is 2.14. The molecule has 0 unspecified atom stereocenters. The predicted molar refractivity (Wildman–Crippen MR) is 102 cm³/mol. The molecular weight excluding hydrogens is 344 g/mol.